The molecule has 2 rings (SSSR count). The Balaban J connectivity index is 1.90. The highest BCUT2D eigenvalue weighted by molar-refractivity contribution is 5.87. The Hall–Kier alpha value is -3.41. The lowest BCUT2D eigenvalue weighted by Crippen LogP contribution is -1.99. The monoisotopic (exact) mass is 356 g/mol. The lowest BCUT2D eigenvalue weighted by atomic mass is 10.1. The molecule has 0 heterocycles. The molecule has 6 nitrogen and oxygen atoms in total. The molecule has 0 atom stereocenters. The second-order valence-electron chi connectivity index (χ2n) is 5.23. The van der Waals surface area contributed by atoms with Crippen LogP contribution < -0.4 is 9.47 Å². The topological polar surface area (TPSA) is 85.2 Å². The van der Waals surface area contributed by atoms with E-state index in [4.69, 9.17) is 14.2 Å². The smallest absolute Gasteiger partial charge is 0.331 e. The summed E-state index contributed by atoms with van der Waals surface area (Å²) in [7, 11) is 2.90. The van der Waals surface area contributed by atoms with Crippen LogP contribution in [0.4, 0.5) is 0 Å². The first-order valence-corrected chi connectivity index (χ1v) is 7.79. The Morgan fingerprint density at radius 2 is 1.58 bits per heavy atom. The summed E-state index contributed by atoms with van der Waals surface area (Å²) in [6, 6.07) is 9.72. The van der Waals surface area contributed by atoms with Crippen LogP contribution in [-0.2, 0) is 9.53 Å². The zero-order chi connectivity index (χ0) is 18.9. The van der Waals surface area contributed by atoms with Gasteiger partial charge in [0.2, 0.25) is 5.75 Å². The summed E-state index contributed by atoms with van der Waals surface area (Å²) in [6.45, 7) is 0.0876. The first-order chi connectivity index (χ1) is 12.5. The number of aromatic hydroxyl groups is 2. The molecule has 0 aromatic heterocycles. The van der Waals surface area contributed by atoms with Crippen LogP contribution in [0.3, 0.4) is 0 Å². The fourth-order valence-corrected chi connectivity index (χ4v) is 2.12. The molecule has 0 unspecified atom stereocenters. The molecule has 0 bridgehead atoms. The third-order valence-electron chi connectivity index (χ3n) is 3.44. The largest absolute Gasteiger partial charge is 0.508 e. The molecule has 2 aromatic rings. The minimum Gasteiger partial charge on any atom is -0.508 e. The molecule has 136 valence electrons. The normalized spacial score (nSPS) is 11.0. The summed E-state index contributed by atoms with van der Waals surface area (Å²) in [5, 5.41) is 19.1. The number of hydrogen-bond donors (Lipinski definition) is 2. The fourth-order valence-electron chi connectivity index (χ4n) is 2.12. The third-order valence-corrected chi connectivity index (χ3v) is 3.44. The molecule has 0 spiro atoms. The highest BCUT2D eigenvalue weighted by atomic mass is 16.5. The number of carbonyl (C=O) groups is 1. The predicted octanol–water partition coefficient (Wildman–Crippen LogP) is 3.38. The fraction of sp³-hybridized carbons (Fsp3) is 0.150. The van der Waals surface area contributed by atoms with Crippen LogP contribution in [0.5, 0.6) is 23.0 Å². The molecule has 0 aliphatic carbocycles. The van der Waals surface area contributed by atoms with Crippen molar-refractivity contribution < 1.29 is 29.2 Å². The summed E-state index contributed by atoms with van der Waals surface area (Å²) in [6.07, 6.45) is 6.30. The first-order valence-electron chi connectivity index (χ1n) is 7.79. The molecule has 0 saturated carbocycles. The minimum atomic E-state index is -0.483. The standard InChI is InChI=1S/C20H20O6/c1-24-17-12-15(13-18(25-2)20(17)23)4-3-11-26-19(22)10-7-14-5-8-16(21)9-6-14/h3-10,12-13,21,23H,11H2,1-2H3. The molecule has 6 heteroatoms. The van der Waals surface area contributed by atoms with Crippen LogP contribution in [0.25, 0.3) is 12.2 Å². The maximum absolute atomic E-state index is 11.7. The van der Waals surface area contributed by atoms with Gasteiger partial charge in [0, 0.05) is 6.08 Å². The maximum Gasteiger partial charge on any atom is 0.331 e. The van der Waals surface area contributed by atoms with Gasteiger partial charge in [-0.15, -0.1) is 0 Å². The van der Waals surface area contributed by atoms with Gasteiger partial charge < -0.3 is 24.4 Å². The number of phenolic OH excluding ortho intramolecular Hbond substituents is 2. The van der Waals surface area contributed by atoms with Crippen LogP contribution >= 0.6 is 0 Å². The number of carbonyl (C=O) groups excluding carboxylic acids is 1. The maximum atomic E-state index is 11.7. The second kappa shape index (κ2) is 9.17. The number of esters is 1. The van der Waals surface area contributed by atoms with E-state index in [1.165, 1.54) is 32.4 Å². The van der Waals surface area contributed by atoms with Gasteiger partial charge in [0.1, 0.15) is 12.4 Å². The summed E-state index contributed by atoms with van der Waals surface area (Å²) in [5.41, 5.74) is 1.51. The van der Waals surface area contributed by atoms with E-state index in [0.717, 1.165) is 11.1 Å². The van der Waals surface area contributed by atoms with Crippen molar-refractivity contribution in [3.05, 3.63) is 59.7 Å². The molecule has 0 amide bonds. The average molecular weight is 356 g/mol. The third kappa shape index (κ3) is 5.31. The van der Waals surface area contributed by atoms with E-state index in [-0.39, 0.29) is 29.6 Å². The molecule has 0 saturated heterocycles. The number of benzene rings is 2. The molecule has 2 aromatic carbocycles. The average Bonchev–Trinajstić information content (AvgIpc) is 2.65. The Morgan fingerprint density at radius 3 is 2.15 bits per heavy atom. The molecule has 0 radical (unpaired) electrons. The number of methoxy groups -OCH3 is 2. The van der Waals surface area contributed by atoms with Crippen molar-refractivity contribution in [1.29, 1.82) is 0 Å². The van der Waals surface area contributed by atoms with E-state index < -0.39 is 5.97 Å². The number of ether oxygens (including phenoxy) is 3. The highest BCUT2D eigenvalue weighted by Gasteiger charge is 2.09. The molecule has 26 heavy (non-hydrogen) atoms. The van der Waals surface area contributed by atoms with E-state index in [1.54, 1.807) is 42.5 Å². The number of rotatable bonds is 7. The van der Waals surface area contributed by atoms with Crippen LogP contribution in [0.15, 0.2) is 48.6 Å². The van der Waals surface area contributed by atoms with Gasteiger partial charge in [0.05, 0.1) is 14.2 Å². The van der Waals surface area contributed by atoms with Crippen molar-refractivity contribution in [2.45, 2.75) is 0 Å². The second-order valence-corrected chi connectivity index (χ2v) is 5.23. The zero-order valence-electron chi connectivity index (χ0n) is 14.5. The van der Waals surface area contributed by atoms with Crippen LogP contribution in [0, 0.1) is 0 Å². The number of hydrogen-bond acceptors (Lipinski definition) is 6. The van der Waals surface area contributed by atoms with Crippen molar-refractivity contribution in [1.82, 2.24) is 0 Å². The molecule has 2 N–H and O–H groups in total. The Labute approximate surface area is 151 Å². The van der Waals surface area contributed by atoms with Crippen molar-refractivity contribution in [3.63, 3.8) is 0 Å². The lowest BCUT2D eigenvalue weighted by Gasteiger charge is -2.09. The predicted molar refractivity (Wildman–Crippen MR) is 98.3 cm³/mol. The summed E-state index contributed by atoms with van der Waals surface area (Å²) in [5.74, 6) is 0.189. The summed E-state index contributed by atoms with van der Waals surface area (Å²) >= 11 is 0. The first kappa shape index (κ1) is 18.9. The van der Waals surface area contributed by atoms with Gasteiger partial charge in [-0.1, -0.05) is 18.2 Å². The van der Waals surface area contributed by atoms with Gasteiger partial charge in [-0.05, 0) is 47.5 Å². The SMILES string of the molecule is COc1cc(C=CCOC(=O)C=Cc2ccc(O)cc2)cc(OC)c1O. The summed E-state index contributed by atoms with van der Waals surface area (Å²) in [4.78, 5) is 11.7. The molecule has 0 aliphatic heterocycles. The van der Waals surface area contributed by atoms with E-state index in [1.807, 2.05) is 0 Å². The van der Waals surface area contributed by atoms with Crippen molar-refractivity contribution in [3.8, 4) is 23.0 Å². The van der Waals surface area contributed by atoms with E-state index in [9.17, 15) is 15.0 Å². The van der Waals surface area contributed by atoms with Crippen LogP contribution in [-0.4, -0.2) is 37.0 Å². The molecular formula is C20H20O6. The van der Waals surface area contributed by atoms with Gasteiger partial charge >= 0.3 is 5.97 Å². The summed E-state index contributed by atoms with van der Waals surface area (Å²) < 4.78 is 15.2. The quantitative estimate of drug-likeness (QED) is 0.584. The van der Waals surface area contributed by atoms with Crippen LogP contribution in [0.1, 0.15) is 11.1 Å². The Kier molecular flexibility index (Phi) is 6.68. The highest BCUT2D eigenvalue weighted by Crippen LogP contribution is 2.37. The van der Waals surface area contributed by atoms with E-state index >= 15 is 0 Å². The van der Waals surface area contributed by atoms with Gasteiger partial charge in [-0.25, -0.2) is 4.79 Å². The Morgan fingerprint density at radius 1 is 0.962 bits per heavy atom. The van der Waals surface area contributed by atoms with E-state index in [0.29, 0.717) is 0 Å². The zero-order valence-corrected chi connectivity index (χ0v) is 14.5. The lowest BCUT2D eigenvalue weighted by molar-refractivity contribution is -0.136. The van der Waals surface area contributed by atoms with Gasteiger partial charge in [-0.3, -0.25) is 0 Å². The van der Waals surface area contributed by atoms with Gasteiger partial charge in [0.25, 0.3) is 0 Å². The minimum absolute atomic E-state index is 0.0713. The van der Waals surface area contributed by atoms with Crippen LogP contribution in [0.2, 0.25) is 0 Å². The number of phenols is 2. The van der Waals surface area contributed by atoms with Crippen molar-refractivity contribution in [2.24, 2.45) is 0 Å². The molecule has 0 fully saturated rings. The van der Waals surface area contributed by atoms with Crippen molar-refractivity contribution in [2.75, 3.05) is 20.8 Å². The van der Waals surface area contributed by atoms with Crippen molar-refractivity contribution >= 4 is 18.1 Å². The Bertz CT molecular complexity index is 781. The van der Waals surface area contributed by atoms with E-state index in [2.05, 4.69) is 0 Å². The molecule has 0 aliphatic rings. The van der Waals surface area contributed by atoms with Gasteiger partial charge in [-0.2, -0.15) is 0 Å². The van der Waals surface area contributed by atoms with Gasteiger partial charge in [0.15, 0.2) is 11.5 Å². The molecular weight excluding hydrogens is 336 g/mol.